The lowest BCUT2D eigenvalue weighted by Crippen LogP contribution is -2.55. The van der Waals surface area contributed by atoms with Crippen molar-refractivity contribution in [1.82, 2.24) is 15.1 Å². The molecule has 1 aliphatic heterocycles. The monoisotopic (exact) mass is 347 g/mol. The van der Waals surface area contributed by atoms with Crippen molar-refractivity contribution >= 4 is 11.8 Å². The van der Waals surface area contributed by atoms with Crippen molar-refractivity contribution in [2.45, 2.75) is 27.3 Å². The molecule has 138 valence electrons. The Balaban J connectivity index is 1.90. The third-order valence-electron chi connectivity index (χ3n) is 4.82. The molecule has 0 aliphatic carbocycles. The molecule has 0 atom stereocenters. The van der Waals surface area contributed by atoms with Crippen molar-refractivity contribution in [3.63, 3.8) is 0 Å². The molecular formula is C19H29N3O3. The molecule has 0 unspecified atom stereocenters. The average molecular weight is 347 g/mol. The number of hydrogen-bond donors (Lipinski definition) is 1. The molecule has 0 bridgehead atoms. The van der Waals surface area contributed by atoms with Crippen LogP contribution < -0.4 is 10.1 Å². The molecular weight excluding hydrogens is 318 g/mol. The fourth-order valence-corrected chi connectivity index (χ4v) is 2.91. The summed E-state index contributed by atoms with van der Waals surface area (Å²) in [4.78, 5) is 29.5. The van der Waals surface area contributed by atoms with Gasteiger partial charge in [0.15, 0.2) is 0 Å². The highest BCUT2D eigenvalue weighted by molar-refractivity contribution is 6.04. The van der Waals surface area contributed by atoms with Crippen LogP contribution in [0.5, 0.6) is 5.75 Å². The van der Waals surface area contributed by atoms with Crippen molar-refractivity contribution in [2.75, 3.05) is 39.8 Å². The van der Waals surface area contributed by atoms with Gasteiger partial charge in [0.2, 0.25) is 11.8 Å². The van der Waals surface area contributed by atoms with Crippen LogP contribution in [0.25, 0.3) is 0 Å². The highest BCUT2D eigenvalue weighted by atomic mass is 16.5. The van der Waals surface area contributed by atoms with E-state index in [0.717, 1.165) is 30.9 Å². The minimum absolute atomic E-state index is 0.101. The van der Waals surface area contributed by atoms with Crippen LogP contribution in [0.3, 0.4) is 0 Å². The predicted molar refractivity (Wildman–Crippen MR) is 97.3 cm³/mol. The fraction of sp³-hybridized carbons (Fsp3) is 0.579. The van der Waals surface area contributed by atoms with Gasteiger partial charge < -0.3 is 19.9 Å². The number of amides is 2. The van der Waals surface area contributed by atoms with E-state index in [1.165, 1.54) is 0 Å². The van der Waals surface area contributed by atoms with Crippen LogP contribution in [0.15, 0.2) is 24.3 Å². The van der Waals surface area contributed by atoms with Gasteiger partial charge in [-0.1, -0.05) is 19.1 Å². The summed E-state index contributed by atoms with van der Waals surface area (Å²) in [6.45, 7) is 10.0. The van der Waals surface area contributed by atoms with Gasteiger partial charge in [0.1, 0.15) is 11.2 Å². The van der Waals surface area contributed by atoms with E-state index in [4.69, 9.17) is 4.74 Å². The number of likely N-dealkylation sites (N-methyl/N-ethyl adjacent to an activating group) is 1. The Kier molecular flexibility index (Phi) is 6.42. The smallest absolute Gasteiger partial charge is 0.237 e. The maximum Gasteiger partial charge on any atom is 0.237 e. The van der Waals surface area contributed by atoms with Crippen LogP contribution in [0.2, 0.25) is 0 Å². The Hall–Kier alpha value is -2.08. The fourth-order valence-electron chi connectivity index (χ4n) is 2.91. The molecule has 6 heteroatoms. The van der Waals surface area contributed by atoms with Gasteiger partial charge in [-0.3, -0.25) is 9.59 Å². The van der Waals surface area contributed by atoms with Crippen LogP contribution in [0.1, 0.15) is 26.3 Å². The van der Waals surface area contributed by atoms with Crippen LogP contribution >= 0.6 is 0 Å². The summed E-state index contributed by atoms with van der Waals surface area (Å²) in [6.07, 6.45) is 0. The Morgan fingerprint density at radius 1 is 1.12 bits per heavy atom. The second kappa shape index (κ2) is 8.34. The van der Waals surface area contributed by atoms with Gasteiger partial charge in [0.25, 0.3) is 0 Å². The number of rotatable bonds is 6. The van der Waals surface area contributed by atoms with E-state index in [1.54, 1.807) is 25.9 Å². The number of ether oxygens (including phenoxy) is 1. The Morgan fingerprint density at radius 2 is 1.72 bits per heavy atom. The second-order valence-electron chi connectivity index (χ2n) is 6.88. The van der Waals surface area contributed by atoms with Crippen molar-refractivity contribution in [1.29, 1.82) is 0 Å². The zero-order valence-electron chi connectivity index (χ0n) is 15.7. The number of nitrogens with one attached hydrogen (secondary N) is 1. The van der Waals surface area contributed by atoms with Crippen LogP contribution in [-0.4, -0.2) is 61.4 Å². The molecule has 0 aromatic heterocycles. The first-order chi connectivity index (χ1) is 11.9. The van der Waals surface area contributed by atoms with Gasteiger partial charge in [-0.15, -0.1) is 0 Å². The second-order valence-corrected chi connectivity index (χ2v) is 6.88. The van der Waals surface area contributed by atoms with E-state index < -0.39 is 5.41 Å². The maximum atomic E-state index is 12.8. The summed E-state index contributed by atoms with van der Waals surface area (Å²) in [7, 11) is 1.62. The lowest BCUT2D eigenvalue weighted by Gasteiger charge is -2.37. The van der Waals surface area contributed by atoms with Gasteiger partial charge in [-0.25, -0.2) is 0 Å². The number of piperazine rings is 1. The number of nitrogens with zero attached hydrogens (tertiary/aromatic N) is 2. The standard InChI is InChI=1S/C19H29N3O3/c1-5-21-10-12-22(13-11-21)18(24)19(2,3)17(23)20-14-15-6-8-16(25-4)9-7-15/h6-9H,5,10-14H2,1-4H3,(H,20,23). The summed E-state index contributed by atoms with van der Waals surface area (Å²) < 4.78 is 5.12. The minimum atomic E-state index is -1.07. The van der Waals surface area contributed by atoms with Crippen molar-refractivity contribution in [3.8, 4) is 5.75 Å². The molecule has 2 rings (SSSR count). The summed E-state index contributed by atoms with van der Waals surface area (Å²) >= 11 is 0. The molecule has 2 amide bonds. The topological polar surface area (TPSA) is 61.9 Å². The molecule has 1 aromatic rings. The van der Waals surface area contributed by atoms with Gasteiger partial charge in [-0.2, -0.15) is 0 Å². The lowest BCUT2D eigenvalue weighted by molar-refractivity contribution is -0.149. The lowest BCUT2D eigenvalue weighted by atomic mass is 9.90. The van der Waals surface area contributed by atoms with E-state index in [2.05, 4.69) is 17.1 Å². The van der Waals surface area contributed by atoms with Crippen LogP contribution in [0.4, 0.5) is 0 Å². The van der Waals surface area contributed by atoms with E-state index in [-0.39, 0.29) is 11.8 Å². The van der Waals surface area contributed by atoms with Crippen molar-refractivity contribution < 1.29 is 14.3 Å². The first kappa shape index (κ1) is 19.2. The minimum Gasteiger partial charge on any atom is -0.497 e. The Bertz CT molecular complexity index is 590. The number of benzene rings is 1. The zero-order chi connectivity index (χ0) is 18.4. The molecule has 6 nitrogen and oxygen atoms in total. The maximum absolute atomic E-state index is 12.8. The largest absolute Gasteiger partial charge is 0.497 e. The molecule has 1 saturated heterocycles. The van der Waals surface area contributed by atoms with Crippen molar-refractivity contribution in [3.05, 3.63) is 29.8 Å². The molecule has 1 aromatic carbocycles. The molecule has 1 N–H and O–H groups in total. The van der Waals surface area contributed by atoms with E-state index in [1.807, 2.05) is 24.3 Å². The highest BCUT2D eigenvalue weighted by Crippen LogP contribution is 2.21. The van der Waals surface area contributed by atoms with Gasteiger partial charge >= 0.3 is 0 Å². The Morgan fingerprint density at radius 3 is 2.24 bits per heavy atom. The van der Waals surface area contributed by atoms with E-state index in [9.17, 15) is 9.59 Å². The molecule has 0 spiro atoms. The van der Waals surface area contributed by atoms with Gasteiger partial charge in [-0.05, 0) is 38.1 Å². The Labute approximate surface area is 150 Å². The van der Waals surface area contributed by atoms with Gasteiger partial charge in [0, 0.05) is 32.7 Å². The molecule has 0 saturated carbocycles. The zero-order valence-corrected chi connectivity index (χ0v) is 15.7. The highest BCUT2D eigenvalue weighted by Gasteiger charge is 2.39. The van der Waals surface area contributed by atoms with E-state index >= 15 is 0 Å². The SMILES string of the molecule is CCN1CCN(C(=O)C(C)(C)C(=O)NCc2ccc(OC)cc2)CC1. The van der Waals surface area contributed by atoms with E-state index in [0.29, 0.717) is 19.6 Å². The number of carbonyl (C=O) groups is 2. The summed E-state index contributed by atoms with van der Waals surface area (Å²) in [5, 5.41) is 2.88. The molecule has 1 aliphatic rings. The third-order valence-corrected chi connectivity index (χ3v) is 4.82. The first-order valence-electron chi connectivity index (χ1n) is 8.81. The molecule has 1 heterocycles. The summed E-state index contributed by atoms with van der Waals surface area (Å²) in [5.74, 6) is 0.429. The molecule has 1 fully saturated rings. The molecule has 25 heavy (non-hydrogen) atoms. The normalized spacial score (nSPS) is 15.8. The third kappa shape index (κ3) is 4.72. The van der Waals surface area contributed by atoms with Gasteiger partial charge in [0.05, 0.1) is 7.11 Å². The number of carbonyl (C=O) groups excluding carboxylic acids is 2. The quantitative estimate of drug-likeness (QED) is 0.792. The van der Waals surface area contributed by atoms with Crippen LogP contribution in [-0.2, 0) is 16.1 Å². The number of hydrogen-bond acceptors (Lipinski definition) is 4. The predicted octanol–water partition coefficient (Wildman–Crippen LogP) is 1.50. The summed E-state index contributed by atoms with van der Waals surface area (Å²) in [5.41, 5.74) is -0.102. The number of methoxy groups -OCH3 is 1. The average Bonchev–Trinajstić information content (AvgIpc) is 2.65. The molecule has 0 radical (unpaired) electrons. The van der Waals surface area contributed by atoms with Crippen LogP contribution in [0, 0.1) is 5.41 Å². The summed E-state index contributed by atoms with van der Waals surface area (Å²) in [6, 6.07) is 7.51. The first-order valence-corrected chi connectivity index (χ1v) is 8.81. The van der Waals surface area contributed by atoms with Crippen molar-refractivity contribution in [2.24, 2.45) is 5.41 Å².